The molecule has 0 radical (unpaired) electrons. The van der Waals surface area contributed by atoms with Crippen LogP contribution < -0.4 is 10.6 Å². The zero-order valence-electron chi connectivity index (χ0n) is 11.3. The summed E-state index contributed by atoms with van der Waals surface area (Å²) in [7, 11) is 2.01. The van der Waals surface area contributed by atoms with Gasteiger partial charge in [0.25, 0.3) is 0 Å². The van der Waals surface area contributed by atoms with Crippen LogP contribution >= 0.6 is 11.6 Å². The number of carbonyl (C=O) groups excluding carboxylic acids is 1. The Bertz CT molecular complexity index is 532. The molecule has 0 spiro atoms. The molecule has 0 atom stereocenters. The fourth-order valence-corrected chi connectivity index (χ4v) is 2.40. The maximum atomic E-state index is 12.0. The molecular weight excluding hydrogens is 276 g/mol. The van der Waals surface area contributed by atoms with Crippen molar-refractivity contribution in [2.45, 2.75) is 18.4 Å². The minimum absolute atomic E-state index is 0.377. The van der Waals surface area contributed by atoms with Gasteiger partial charge in [0.2, 0.25) is 0 Å². The first-order valence-corrected chi connectivity index (χ1v) is 6.85. The number of nitrogens with zero attached hydrogens (tertiary/aromatic N) is 2. The van der Waals surface area contributed by atoms with E-state index in [2.05, 4.69) is 21.6 Å². The minimum Gasteiger partial charge on any atom is -0.319 e. The van der Waals surface area contributed by atoms with E-state index in [-0.39, 0.29) is 6.03 Å². The molecule has 0 aromatic heterocycles. The van der Waals surface area contributed by atoms with E-state index in [0.29, 0.717) is 23.6 Å². The van der Waals surface area contributed by atoms with Gasteiger partial charge in [0.15, 0.2) is 0 Å². The largest absolute Gasteiger partial charge is 0.320 e. The second-order valence-electron chi connectivity index (χ2n) is 5.09. The molecule has 1 aliphatic heterocycles. The summed E-state index contributed by atoms with van der Waals surface area (Å²) in [5, 5.41) is 15.4. The molecule has 106 valence electrons. The molecule has 0 aliphatic carbocycles. The number of piperidine rings is 1. The predicted molar refractivity (Wildman–Crippen MR) is 78.7 cm³/mol. The number of amides is 2. The first kappa shape index (κ1) is 14.6. The third kappa shape index (κ3) is 3.62. The predicted octanol–water partition coefficient (Wildman–Crippen LogP) is 2.45. The molecule has 20 heavy (non-hydrogen) atoms. The Morgan fingerprint density at radius 3 is 2.75 bits per heavy atom. The monoisotopic (exact) mass is 292 g/mol. The van der Waals surface area contributed by atoms with Gasteiger partial charge in [-0.15, -0.1) is 0 Å². The quantitative estimate of drug-likeness (QED) is 0.880. The zero-order chi connectivity index (χ0) is 14.6. The SMILES string of the molecule is CN1CCC(C#N)(NC(=O)Nc2cccc(Cl)c2)CC1. The molecule has 6 heteroatoms. The summed E-state index contributed by atoms with van der Waals surface area (Å²) >= 11 is 5.86. The number of halogens is 1. The summed E-state index contributed by atoms with van der Waals surface area (Å²) in [6.45, 7) is 1.59. The highest BCUT2D eigenvalue weighted by Crippen LogP contribution is 2.21. The van der Waals surface area contributed by atoms with E-state index in [1.807, 2.05) is 7.05 Å². The second-order valence-corrected chi connectivity index (χ2v) is 5.52. The van der Waals surface area contributed by atoms with Crippen LogP contribution in [0.2, 0.25) is 5.02 Å². The summed E-state index contributed by atoms with van der Waals surface area (Å²) in [6.07, 6.45) is 1.26. The Labute approximate surface area is 123 Å². The van der Waals surface area contributed by atoms with Gasteiger partial charge in [0.1, 0.15) is 5.54 Å². The molecule has 0 unspecified atom stereocenters. The summed E-state index contributed by atoms with van der Waals surface area (Å²) in [5.74, 6) is 0. The number of nitriles is 1. The molecule has 2 amide bonds. The number of carbonyl (C=O) groups is 1. The van der Waals surface area contributed by atoms with Gasteiger partial charge in [0, 0.05) is 23.8 Å². The van der Waals surface area contributed by atoms with Crippen LogP contribution in [0.5, 0.6) is 0 Å². The van der Waals surface area contributed by atoms with E-state index >= 15 is 0 Å². The van der Waals surface area contributed by atoms with Gasteiger partial charge in [-0.05, 0) is 38.1 Å². The number of rotatable bonds is 2. The zero-order valence-corrected chi connectivity index (χ0v) is 12.1. The van der Waals surface area contributed by atoms with Crippen LogP contribution in [0.25, 0.3) is 0 Å². The number of anilines is 1. The molecule has 1 aliphatic rings. The van der Waals surface area contributed by atoms with E-state index < -0.39 is 5.54 Å². The number of hydrogen-bond acceptors (Lipinski definition) is 3. The Morgan fingerprint density at radius 1 is 1.45 bits per heavy atom. The fourth-order valence-electron chi connectivity index (χ4n) is 2.21. The van der Waals surface area contributed by atoms with Crippen molar-refractivity contribution in [3.8, 4) is 6.07 Å². The lowest BCUT2D eigenvalue weighted by Crippen LogP contribution is -2.54. The van der Waals surface area contributed by atoms with Crippen LogP contribution in [0.15, 0.2) is 24.3 Å². The van der Waals surface area contributed by atoms with Gasteiger partial charge < -0.3 is 15.5 Å². The van der Waals surface area contributed by atoms with Crippen molar-refractivity contribution in [3.63, 3.8) is 0 Å². The number of nitrogens with one attached hydrogen (secondary N) is 2. The van der Waals surface area contributed by atoms with E-state index in [1.165, 1.54) is 0 Å². The molecule has 2 rings (SSSR count). The Hall–Kier alpha value is -1.77. The lowest BCUT2D eigenvalue weighted by Gasteiger charge is -2.35. The highest BCUT2D eigenvalue weighted by atomic mass is 35.5. The molecule has 1 heterocycles. The molecular formula is C14H17ClN4O. The average molecular weight is 293 g/mol. The highest BCUT2D eigenvalue weighted by Gasteiger charge is 2.35. The molecule has 0 bridgehead atoms. The average Bonchev–Trinajstić information content (AvgIpc) is 2.41. The number of urea groups is 1. The third-order valence-electron chi connectivity index (χ3n) is 3.49. The molecule has 1 aromatic carbocycles. The lowest BCUT2D eigenvalue weighted by atomic mass is 9.89. The van der Waals surface area contributed by atoms with Crippen molar-refractivity contribution in [2.75, 3.05) is 25.5 Å². The first-order chi connectivity index (χ1) is 9.53. The van der Waals surface area contributed by atoms with Gasteiger partial charge >= 0.3 is 6.03 Å². The van der Waals surface area contributed by atoms with Crippen molar-refractivity contribution >= 4 is 23.3 Å². The van der Waals surface area contributed by atoms with E-state index in [0.717, 1.165) is 13.1 Å². The third-order valence-corrected chi connectivity index (χ3v) is 3.73. The van der Waals surface area contributed by atoms with Crippen LogP contribution in [0.1, 0.15) is 12.8 Å². The van der Waals surface area contributed by atoms with E-state index in [9.17, 15) is 10.1 Å². The van der Waals surface area contributed by atoms with Crippen LogP contribution in [-0.4, -0.2) is 36.6 Å². The van der Waals surface area contributed by atoms with Crippen LogP contribution in [0.4, 0.5) is 10.5 Å². The second kappa shape index (κ2) is 6.12. The number of benzene rings is 1. The minimum atomic E-state index is -0.783. The molecule has 1 fully saturated rings. The van der Waals surface area contributed by atoms with Crippen molar-refractivity contribution in [1.29, 1.82) is 5.26 Å². The van der Waals surface area contributed by atoms with Gasteiger partial charge in [0.05, 0.1) is 6.07 Å². The fraction of sp³-hybridized carbons (Fsp3) is 0.429. The lowest BCUT2D eigenvalue weighted by molar-refractivity contribution is 0.193. The topological polar surface area (TPSA) is 68.2 Å². The molecule has 0 saturated carbocycles. The normalized spacial score (nSPS) is 18.1. The Morgan fingerprint density at radius 2 is 2.15 bits per heavy atom. The highest BCUT2D eigenvalue weighted by molar-refractivity contribution is 6.30. The maximum absolute atomic E-state index is 12.0. The van der Waals surface area contributed by atoms with E-state index in [1.54, 1.807) is 24.3 Å². The van der Waals surface area contributed by atoms with Gasteiger partial charge in [-0.25, -0.2) is 4.79 Å². The molecule has 1 aromatic rings. The summed E-state index contributed by atoms with van der Waals surface area (Å²) < 4.78 is 0. The van der Waals surface area contributed by atoms with Crippen molar-refractivity contribution in [1.82, 2.24) is 10.2 Å². The first-order valence-electron chi connectivity index (χ1n) is 6.47. The van der Waals surface area contributed by atoms with Crippen molar-refractivity contribution in [2.24, 2.45) is 0 Å². The number of likely N-dealkylation sites (tertiary alicyclic amines) is 1. The molecule has 5 nitrogen and oxygen atoms in total. The summed E-state index contributed by atoms with van der Waals surface area (Å²) in [4.78, 5) is 14.2. The van der Waals surface area contributed by atoms with Crippen LogP contribution in [0, 0.1) is 11.3 Å². The Kier molecular flexibility index (Phi) is 4.48. The van der Waals surface area contributed by atoms with Crippen molar-refractivity contribution in [3.05, 3.63) is 29.3 Å². The van der Waals surface area contributed by atoms with E-state index in [4.69, 9.17) is 11.6 Å². The summed E-state index contributed by atoms with van der Waals surface area (Å²) in [6, 6.07) is 8.77. The molecule has 1 saturated heterocycles. The van der Waals surface area contributed by atoms with Crippen LogP contribution in [0.3, 0.4) is 0 Å². The van der Waals surface area contributed by atoms with Crippen molar-refractivity contribution < 1.29 is 4.79 Å². The smallest absolute Gasteiger partial charge is 0.319 e. The standard InChI is InChI=1S/C14H17ClN4O/c1-19-7-5-14(10-16,6-8-19)18-13(20)17-12-4-2-3-11(15)9-12/h2-4,9H,5-8H2,1H3,(H2,17,18,20). The maximum Gasteiger partial charge on any atom is 0.320 e. The van der Waals surface area contributed by atoms with Crippen LogP contribution in [-0.2, 0) is 0 Å². The van der Waals surface area contributed by atoms with Gasteiger partial charge in [-0.3, -0.25) is 0 Å². The van der Waals surface area contributed by atoms with Gasteiger partial charge in [-0.2, -0.15) is 5.26 Å². The molecule has 2 N–H and O–H groups in total. The Balaban J connectivity index is 1.98. The van der Waals surface area contributed by atoms with Gasteiger partial charge in [-0.1, -0.05) is 17.7 Å². The number of hydrogen-bond donors (Lipinski definition) is 2. The summed E-state index contributed by atoms with van der Waals surface area (Å²) in [5.41, 5.74) is -0.175.